The average Bonchev–Trinajstić information content (AvgIpc) is 1.30. The second-order valence-electron chi connectivity index (χ2n) is 2.42. The van der Waals surface area contributed by atoms with E-state index < -0.39 is 0 Å². The zero-order valence-corrected chi connectivity index (χ0v) is 6.13. The van der Waals surface area contributed by atoms with Crippen LogP contribution in [-0.4, -0.2) is 4.75 Å². The van der Waals surface area contributed by atoms with Crippen LogP contribution >= 0.6 is 12.6 Å². The minimum absolute atomic E-state index is 0.189. The summed E-state index contributed by atoms with van der Waals surface area (Å²) in [7, 11) is 0. The topological polar surface area (TPSA) is 0 Å². The van der Waals surface area contributed by atoms with Gasteiger partial charge in [0.1, 0.15) is 0 Å². The van der Waals surface area contributed by atoms with E-state index in [1.165, 1.54) is 0 Å². The summed E-state index contributed by atoms with van der Waals surface area (Å²) in [6.45, 7) is 6.27. The third kappa shape index (κ3) is 6.35. The minimum atomic E-state index is 0.189. The fraction of sp³-hybridized carbons (Fsp3) is 0.833. The Bertz CT molecular complexity index is 42.6. The van der Waals surface area contributed by atoms with E-state index >= 15 is 0 Å². The lowest BCUT2D eigenvalue weighted by atomic mass is 10.1. The Balaban J connectivity index is 3.15. The van der Waals surface area contributed by atoms with Gasteiger partial charge in [-0.05, 0) is 12.8 Å². The van der Waals surface area contributed by atoms with Gasteiger partial charge >= 0.3 is 0 Å². The lowest BCUT2D eigenvalue weighted by molar-refractivity contribution is 0.704. The van der Waals surface area contributed by atoms with Gasteiger partial charge in [-0.1, -0.05) is 20.8 Å². The van der Waals surface area contributed by atoms with E-state index in [-0.39, 0.29) is 4.75 Å². The van der Waals surface area contributed by atoms with Crippen LogP contribution in [0.3, 0.4) is 0 Å². The standard InChI is InChI=1S/C6H13S/c1-4-5-6(2,3)7/h4,7H,5H2,1-3H3. The van der Waals surface area contributed by atoms with Crippen molar-refractivity contribution in [3.63, 3.8) is 0 Å². The normalized spacial score (nSPS) is 12.0. The lowest BCUT2D eigenvalue weighted by Crippen LogP contribution is -2.08. The predicted molar refractivity (Wildman–Crippen MR) is 37.7 cm³/mol. The molecule has 0 saturated heterocycles. The van der Waals surface area contributed by atoms with Gasteiger partial charge in [-0.15, -0.1) is 0 Å². The molecule has 0 saturated carbocycles. The molecule has 0 aromatic rings. The van der Waals surface area contributed by atoms with Crippen LogP contribution in [0.5, 0.6) is 0 Å². The molecule has 0 amide bonds. The largest absolute Gasteiger partial charge is 0.173 e. The van der Waals surface area contributed by atoms with Gasteiger partial charge in [0, 0.05) is 4.75 Å². The van der Waals surface area contributed by atoms with E-state index in [1.807, 2.05) is 0 Å². The van der Waals surface area contributed by atoms with E-state index in [4.69, 9.17) is 0 Å². The van der Waals surface area contributed by atoms with Crippen LogP contribution in [0.2, 0.25) is 0 Å². The predicted octanol–water partition coefficient (Wildman–Crippen LogP) is 2.31. The first-order chi connectivity index (χ1) is 3.06. The Morgan fingerprint density at radius 3 is 2.00 bits per heavy atom. The van der Waals surface area contributed by atoms with E-state index in [9.17, 15) is 0 Å². The molecule has 7 heavy (non-hydrogen) atoms. The number of hydrogen-bond donors (Lipinski definition) is 1. The van der Waals surface area contributed by atoms with Crippen molar-refractivity contribution in [2.45, 2.75) is 31.9 Å². The molecular weight excluding hydrogens is 104 g/mol. The lowest BCUT2D eigenvalue weighted by Gasteiger charge is -2.13. The van der Waals surface area contributed by atoms with Gasteiger partial charge in [0.15, 0.2) is 0 Å². The molecule has 0 aliphatic carbocycles. The Labute approximate surface area is 51.7 Å². The summed E-state index contributed by atoms with van der Waals surface area (Å²) in [5, 5.41) is 0. The number of thiol groups is 1. The van der Waals surface area contributed by atoms with Crippen LogP contribution in [0.4, 0.5) is 0 Å². The first-order valence-electron chi connectivity index (χ1n) is 2.56. The zero-order valence-electron chi connectivity index (χ0n) is 5.23. The highest BCUT2D eigenvalue weighted by Gasteiger charge is 2.07. The molecular formula is C6H13S. The van der Waals surface area contributed by atoms with Gasteiger partial charge < -0.3 is 0 Å². The highest BCUT2D eigenvalue weighted by atomic mass is 32.1. The van der Waals surface area contributed by atoms with E-state index in [1.54, 1.807) is 0 Å². The quantitative estimate of drug-likeness (QED) is 0.527. The van der Waals surface area contributed by atoms with Gasteiger partial charge in [-0.3, -0.25) is 0 Å². The zero-order chi connectivity index (χ0) is 5.91. The van der Waals surface area contributed by atoms with Crippen molar-refractivity contribution >= 4 is 12.6 Å². The van der Waals surface area contributed by atoms with Crippen molar-refractivity contribution < 1.29 is 0 Å². The summed E-state index contributed by atoms with van der Waals surface area (Å²) in [6, 6.07) is 0. The number of hydrogen-bond acceptors (Lipinski definition) is 1. The monoisotopic (exact) mass is 117 g/mol. The third-order valence-electron chi connectivity index (χ3n) is 0.704. The van der Waals surface area contributed by atoms with Gasteiger partial charge in [-0.25, -0.2) is 0 Å². The maximum absolute atomic E-state index is 4.30. The summed E-state index contributed by atoms with van der Waals surface area (Å²) < 4.78 is 0.189. The molecule has 0 fully saturated rings. The summed E-state index contributed by atoms with van der Waals surface area (Å²) in [5.74, 6) is 0. The van der Waals surface area contributed by atoms with Crippen LogP contribution in [0.25, 0.3) is 0 Å². The molecule has 0 aromatic carbocycles. The Morgan fingerprint density at radius 1 is 1.57 bits per heavy atom. The Hall–Kier alpha value is 0.350. The Kier molecular flexibility index (Phi) is 2.74. The van der Waals surface area contributed by atoms with Crippen LogP contribution in [0.1, 0.15) is 27.2 Å². The fourth-order valence-electron chi connectivity index (χ4n) is 0.500. The molecule has 1 heteroatoms. The molecule has 0 spiro atoms. The summed E-state index contributed by atoms with van der Waals surface area (Å²) in [6.07, 6.45) is 3.21. The Morgan fingerprint density at radius 2 is 2.00 bits per heavy atom. The van der Waals surface area contributed by atoms with Crippen molar-refractivity contribution in [3.8, 4) is 0 Å². The third-order valence-corrected chi connectivity index (χ3v) is 0.886. The first-order valence-corrected chi connectivity index (χ1v) is 3.01. The van der Waals surface area contributed by atoms with Gasteiger partial charge in [0.2, 0.25) is 0 Å². The maximum atomic E-state index is 4.30. The van der Waals surface area contributed by atoms with Gasteiger partial charge in [0.05, 0.1) is 0 Å². The van der Waals surface area contributed by atoms with Crippen LogP contribution in [0.15, 0.2) is 0 Å². The highest BCUT2D eigenvalue weighted by molar-refractivity contribution is 7.81. The van der Waals surface area contributed by atoms with E-state index in [0.717, 1.165) is 6.42 Å². The molecule has 0 N–H and O–H groups in total. The fourth-order valence-corrected chi connectivity index (χ4v) is 0.682. The molecule has 0 nitrogen and oxygen atoms in total. The molecule has 1 radical (unpaired) electrons. The second kappa shape index (κ2) is 2.61. The molecule has 0 aliphatic heterocycles. The van der Waals surface area contributed by atoms with Gasteiger partial charge in [-0.2, -0.15) is 12.6 Å². The average molecular weight is 117 g/mol. The smallest absolute Gasteiger partial charge is 0.00758 e. The van der Waals surface area contributed by atoms with Gasteiger partial charge in [0.25, 0.3) is 0 Å². The van der Waals surface area contributed by atoms with E-state index in [0.29, 0.717) is 0 Å². The summed E-state index contributed by atoms with van der Waals surface area (Å²) in [5.41, 5.74) is 0. The van der Waals surface area contributed by atoms with Crippen molar-refractivity contribution in [2.24, 2.45) is 0 Å². The maximum Gasteiger partial charge on any atom is 0.00758 e. The van der Waals surface area contributed by atoms with Crippen molar-refractivity contribution in [3.05, 3.63) is 6.42 Å². The molecule has 0 aliphatic rings. The van der Waals surface area contributed by atoms with Crippen molar-refractivity contribution in [1.29, 1.82) is 0 Å². The van der Waals surface area contributed by atoms with E-state index in [2.05, 4.69) is 39.8 Å². The molecule has 0 bridgehead atoms. The van der Waals surface area contributed by atoms with Crippen molar-refractivity contribution in [2.75, 3.05) is 0 Å². The SMILES string of the molecule is C[CH]CC(C)(C)S. The summed E-state index contributed by atoms with van der Waals surface area (Å²) >= 11 is 4.30. The molecule has 0 unspecified atom stereocenters. The number of rotatable bonds is 2. The highest BCUT2D eigenvalue weighted by Crippen LogP contribution is 2.17. The van der Waals surface area contributed by atoms with Crippen LogP contribution in [-0.2, 0) is 0 Å². The minimum Gasteiger partial charge on any atom is -0.173 e. The van der Waals surface area contributed by atoms with Crippen LogP contribution in [0, 0.1) is 6.42 Å². The van der Waals surface area contributed by atoms with Crippen LogP contribution < -0.4 is 0 Å². The summed E-state index contributed by atoms with van der Waals surface area (Å²) in [4.78, 5) is 0. The second-order valence-corrected chi connectivity index (χ2v) is 3.64. The first kappa shape index (κ1) is 7.35. The molecule has 0 atom stereocenters. The molecule has 0 rings (SSSR count). The molecule has 0 aromatic heterocycles. The molecule has 0 heterocycles. The molecule has 43 valence electrons. The van der Waals surface area contributed by atoms with Crippen molar-refractivity contribution in [1.82, 2.24) is 0 Å².